The van der Waals surface area contributed by atoms with Gasteiger partial charge in [0.25, 0.3) is 0 Å². The number of nitrogens with zero attached hydrogens (tertiary/aromatic N) is 2. The second-order valence-corrected chi connectivity index (χ2v) is 12.2. The summed E-state index contributed by atoms with van der Waals surface area (Å²) in [6, 6.07) is -0.771. The first-order chi connectivity index (χ1) is 16.7. The molecule has 0 aromatic carbocycles. The molecule has 2 aliphatic heterocycles. The first-order valence-electron chi connectivity index (χ1n) is 12.9. The van der Waals surface area contributed by atoms with Crippen molar-refractivity contribution < 1.29 is 27.6 Å². The van der Waals surface area contributed by atoms with Crippen molar-refractivity contribution in [2.45, 2.75) is 95.6 Å². The number of hydrogen-bond acceptors (Lipinski definition) is 5. The number of amides is 3. The summed E-state index contributed by atoms with van der Waals surface area (Å²) in [6.45, 7) is 4.08. The van der Waals surface area contributed by atoms with Crippen LogP contribution in [0.3, 0.4) is 0 Å². The molecule has 3 amide bonds. The number of carbonyl (C=O) groups excluding carboxylic acids is 3. The van der Waals surface area contributed by atoms with Gasteiger partial charge in [-0.05, 0) is 55.8 Å². The third-order valence-corrected chi connectivity index (χ3v) is 8.30. The van der Waals surface area contributed by atoms with Gasteiger partial charge < -0.3 is 15.5 Å². The van der Waals surface area contributed by atoms with E-state index in [9.17, 15) is 32.8 Å². The second kappa shape index (κ2) is 9.51. The van der Waals surface area contributed by atoms with E-state index in [1.54, 1.807) is 20.8 Å². The molecule has 3 N–H and O–H groups in total. The number of nitrogens with one attached hydrogen (secondary N) is 3. The lowest BCUT2D eigenvalue weighted by molar-refractivity contribution is -0.147. The fraction of sp³-hybridized carbons (Fsp3) is 0.840. The van der Waals surface area contributed by atoms with Crippen molar-refractivity contribution in [3.8, 4) is 6.07 Å². The number of halogens is 3. The number of nitriles is 1. The van der Waals surface area contributed by atoms with Crippen LogP contribution in [-0.2, 0) is 14.4 Å². The Labute approximate surface area is 209 Å². The Bertz CT molecular complexity index is 937. The van der Waals surface area contributed by atoms with E-state index < -0.39 is 48.1 Å². The van der Waals surface area contributed by atoms with Gasteiger partial charge in [-0.3, -0.25) is 19.7 Å². The molecule has 2 saturated heterocycles. The predicted octanol–water partition coefficient (Wildman–Crippen LogP) is 2.25. The highest BCUT2D eigenvalue weighted by atomic mass is 19.4. The standard InChI is InChI=1S/C25H36F3N5O3/c1-23(2,3)19(30-13-25(26,27)28)22(36)33-12-14-5-4-6-17(14)18(33)21(35)31-16(11-29)9-15-10-24(7-8-24)32-20(15)34/h14-19,30H,4-10,12-13H2,1-3H3,(H,31,35)(H,32,34). The van der Waals surface area contributed by atoms with Crippen molar-refractivity contribution in [1.82, 2.24) is 20.9 Å². The van der Waals surface area contributed by atoms with Gasteiger partial charge in [0, 0.05) is 18.0 Å². The largest absolute Gasteiger partial charge is 0.401 e. The number of carbonyl (C=O) groups is 3. The molecular weight excluding hydrogens is 475 g/mol. The van der Waals surface area contributed by atoms with E-state index in [1.165, 1.54) is 4.90 Å². The molecule has 0 aromatic rings. The van der Waals surface area contributed by atoms with Gasteiger partial charge >= 0.3 is 6.18 Å². The number of hydrogen-bond donors (Lipinski definition) is 3. The summed E-state index contributed by atoms with van der Waals surface area (Å²) in [5, 5.41) is 17.8. The molecule has 200 valence electrons. The van der Waals surface area contributed by atoms with E-state index in [0.29, 0.717) is 13.0 Å². The van der Waals surface area contributed by atoms with E-state index in [4.69, 9.17) is 0 Å². The van der Waals surface area contributed by atoms with Crippen molar-refractivity contribution in [3.63, 3.8) is 0 Å². The van der Waals surface area contributed by atoms with Gasteiger partial charge in [-0.15, -0.1) is 0 Å². The molecule has 1 spiro atoms. The fourth-order valence-corrected chi connectivity index (χ4v) is 6.35. The van der Waals surface area contributed by atoms with E-state index in [2.05, 4.69) is 22.0 Å². The van der Waals surface area contributed by atoms with Crippen LogP contribution in [0.4, 0.5) is 13.2 Å². The number of rotatable bonds is 7. The lowest BCUT2D eigenvalue weighted by Gasteiger charge is -2.36. The zero-order valence-electron chi connectivity index (χ0n) is 21.1. The molecule has 4 fully saturated rings. The molecule has 2 heterocycles. The molecule has 4 rings (SSSR count). The van der Waals surface area contributed by atoms with E-state index >= 15 is 0 Å². The summed E-state index contributed by atoms with van der Waals surface area (Å²) < 4.78 is 38.9. The Balaban J connectivity index is 1.48. The minimum absolute atomic E-state index is 0.0963. The van der Waals surface area contributed by atoms with Crippen LogP contribution < -0.4 is 16.0 Å². The van der Waals surface area contributed by atoms with Crippen LogP contribution in [0.15, 0.2) is 0 Å². The van der Waals surface area contributed by atoms with Crippen molar-refractivity contribution in [2.75, 3.05) is 13.1 Å². The maximum Gasteiger partial charge on any atom is 0.401 e. The molecule has 8 nitrogen and oxygen atoms in total. The first kappa shape index (κ1) is 26.7. The van der Waals surface area contributed by atoms with Gasteiger partial charge in [0.05, 0.1) is 18.7 Å². The average Bonchev–Trinajstić information content (AvgIpc) is 3.06. The Kier molecular flexibility index (Phi) is 7.05. The zero-order chi connectivity index (χ0) is 26.5. The van der Waals surface area contributed by atoms with Crippen LogP contribution in [0.2, 0.25) is 0 Å². The minimum Gasteiger partial charge on any atom is -0.350 e. The summed E-state index contributed by atoms with van der Waals surface area (Å²) in [6.07, 6.45) is 0.736. The number of likely N-dealkylation sites (tertiary alicyclic amines) is 1. The van der Waals surface area contributed by atoms with E-state index in [0.717, 1.165) is 32.1 Å². The maximum atomic E-state index is 13.6. The zero-order valence-corrected chi connectivity index (χ0v) is 21.1. The molecule has 2 saturated carbocycles. The minimum atomic E-state index is -4.48. The van der Waals surface area contributed by atoms with Crippen LogP contribution in [0.5, 0.6) is 0 Å². The van der Waals surface area contributed by atoms with Gasteiger partial charge in [0.2, 0.25) is 17.7 Å². The van der Waals surface area contributed by atoms with Gasteiger partial charge in [-0.2, -0.15) is 18.4 Å². The normalized spacial score (nSPS) is 30.5. The summed E-state index contributed by atoms with van der Waals surface area (Å²) in [5.74, 6) is -1.44. The lowest BCUT2D eigenvalue weighted by atomic mass is 9.85. The summed E-state index contributed by atoms with van der Waals surface area (Å²) in [7, 11) is 0. The summed E-state index contributed by atoms with van der Waals surface area (Å²) in [4.78, 5) is 40.9. The molecule has 11 heteroatoms. The molecule has 4 aliphatic rings. The molecule has 0 radical (unpaired) electrons. The van der Waals surface area contributed by atoms with Crippen molar-refractivity contribution in [3.05, 3.63) is 0 Å². The van der Waals surface area contributed by atoms with Gasteiger partial charge in [0.15, 0.2) is 0 Å². The van der Waals surface area contributed by atoms with Gasteiger partial charge in [-0.25, -0.2) is 0 Å². The predicted molar refractivity (Wildman–Crippen MR) is 124 cm³/mol. The Morgan fingerprint density at radius 3 is 2.50 bits per heavy atom. The highest BCUT2D eigenvalue weighted by Crippen LogP contribution is 2.46. The third-order valence-electron chi connectivity index (χ3n) is 8.30. The summed E-state index contributed by atoms with van der Waals surface area (Å²) >= 11 is 0. The number of fused-ring (bicyclic) bond motifs is 1. The van der Waals surface area contributed by atoms with Crippen LogP contribution in [-0.4, -0.2) is 65.6 Å². The fourth-order valence-electron chi connectivity index (χ4n) is 6.35. The third kappa shape index (κ3) is 5.63. The van der Waals surface area contributed by atoms with Crippen molar-refractivity contribution in [2.24, 2.45) is 23.2 Å². The number of alkyl halides is 3. The summed E-state index contributed by atoms with van der Waals surface area (Å²) in [5.41, 5.74) is -0.951. The Morgan fingerprint density at radius 2 is 1.94 bits per heavy atom. The average molecular weight is 512 g/mol. The molecule has 0 aromatic heterocycles. The van der Waals surface area contributed by atoms with Gasteiger partial charge in [-0.1, -0.05) is 27.2 Å². The lowest BCUT2D eigenvalue weighted by Crippen LogP contribution is -2.59. The highest BCUT2D eigenvalue weighted by Gasteiger charge is 2.54. The quantitative estimate of drug-likeness (QED) is 0.485. The molecule has 0 bridgehead atoms. The molecule has 2 aliphatic carbocycles. The SMILES string of the molecule is CC(C)(C)C(NCC(F)(F)F)C(=O)N1CC2CCCC2C1C(=O)NC(C#N)CC1CC2(CC2)NC1=O. The maximum absolute atomic E-state index is 13.6. The molecular formula is C25H36F3N5O3. The molecule has 6 atom stereocenters. The van der Waals surface area contributed by atoms with E-state index in [1.807, 2.05) is 0 Å². The van der Waals surface area contributed by atoms with Crippen molar-refractivity contribution in [1.29, 1.82) is 5.26 Å². The highest BCUT2D eigenvalue weighted by molar-refractivity contribution is 5.91. The van der Waals surface area contributed by atoms with E-state index in [-0.39, 0.29) is 35.6 Å². The Morgan fingerprint density at radius 1 is 1.25 bits per heavy atom. The van der Waals surface area contributed by atoms with Crippen molar-refractivity contribution >= 4 is 17.7 Å². The van der Waals surface area contributed by atoms with Gasteiger partial charge in [0.1, 0.15) is 12.1 Å². The molecule has 36 heavy (non-hydrogen) atoms. The van der Waals surface area contributed by atoms with Crippen LogP contribution in [0.25, 0.3) is 0 Å². The smallest absolute Gasteiger partial charge is 0.350 e. The second-order valence-electron chi connectivity index (χ2n) is 12.2. The Hall–Kier alpha value is -2.35. The monoisotopic (exact) mass is 511 g/mol. The van der Waals surface area contributed by atoms with Crippen LogP contribution >= 0.6 is 0 Å². The topological polar surface area (TPSA) is 114 Å². The van der Waals surface area contributed by atoms with Crippen LogP contribution in [0, 0.1) is 34.5 Å². The van der Waals surface area contributed by atoms with Crippen LogP contribution in [0.1, 0.15) is 65.7 Å². The molecule has 6 unspecified atom stereocenters. The first-order valence-corrected chi connectivity index (χ1v) is 12.9.